The lowest BCUT2D eigenvalue weighted by Gasteiger charge is -2.27. The molecular formula is C18H26N2O7S. The Kier molecular flexibility index (Phi) is 6.56. The predicted molar refractivity (Wildman–Crippen MR) is 100 cm³/mol. The number of likely N-dealkylation sites (tertiary alicyclic amines) is 1. The molecule has 1 saturated heterocycles. The molecule has 0 aromatic heterocycles. The Hall–Kier alpha value is -2.33. The van der Waals surface area contributed by atoms with E-state index in [9.17, 15) is 18.0 Å². The van der Waals surface area contributed by atoms with E-state index in [4.69, 9.17) is 14.2 Å². The van der Waals surface area contributed by atoms with E-state index >= 15 is 0 Å². The van der Waals surface area contributed by atoms with Crippen molar-refractivity contribution in [3.63, 3.8) is 0 Å². The van der Waals surface area contributed by atoms with Gasteiger partial charge in [0.1, 0.15) is 17.4 Å². The number of ether oxygens (including phenoxy) is 3. The van der Waals surface area contributed by atoms with Crippen molar-refractivity contribution in [2.24, 2.45) is 0 Å². The van der Waals surface area contributed by atoms with Crippen molar-refractivity contribution in [1.82, 2.24) is 9.62 Å². The first kappa shape index (κ1) is 22.0. The molecule has 9 nitrogen and oxygen atoms in total. The number of rotatable bonds is 5. The molecule has 28 heavy (non-hydrogen) atoms. The molecule has 0 saturated carbocycles. The van der Waals surface area contributed by atoms with Gasteiger partial charge < -0.3 is 14.2 Å². The molecule has 2 rings (SSSR count). The molecule has 1 N–H and O–H groups in total. The number of carbonyl (C=O) groups is 2. The Labute approximate surface area is 165 Å². The second-order valence-electron chi connectivity index (χ2n) is 7.40. The molecule has 156 valence electrons. The third-order valence-corrected chi connectivity index (χ3v) is 5.63. The van der Waals surface area contributed by atoms with Crippen LogP contribution >= 0.6 is 0 Å². The standard InChI is InChI=1S/C18H26N2O7S/c1-18(2,3)27-17(22)20-11-12(10-15(20)16(21)26-5)19-28(23,24)14-8-6-13(25-4)7-9-14/h6-9,12,15,19H,10-11H2,1-5H3/t12-,15+/m1/s1. The zero-order chi connectivity index (χ0) is 21.1. The quantitative estimate of drug-likeness (QED) is 0.727. The molecule has 1 aromatic rings. The van der Waals surface area contributed by atoms with Gasteiger partial charge in [-0.15, -0.1) is 0 Å². The van der Waals surface area contributed by atoms with Gasteiger partial charge in [0.15, 0.2) is 0 Å². The van der Waals surface area contributed by atoms with Gasteiger partial charge >= 0.3 is 12.1 Å². The van der Waals surface area contributed by atoms with E-state index in [0.717, 1.165) is 0 Å². The van der Waals surface area contributed by atoms with Crippen molar-refractivity contribution in [2.75, 3.05) is 20.8 Å². The van der Waals surface area contributed by atoms with Gasteiger partial charge in [0.05, 0.1) is 19.1 Å². The molecule has 0 spiro atoms. The van der Waals surface area contributed by atoms with Crippen molar-refractivity contribution < 1.29 is 32.2 Å². The summed E-state index contributed by atoms with van der Waals surface area (Å²) in [5, 5.41) is 0. The zero-order valence-corrected chi connectivity index (χ0v) is 17.4. The number of carbonyl (C=O) groups excluding carboxylic acids is 2. The van der Waals surface area contributed by atoms with E-state index in [2.05, 4.69) is 4.72 Å². The summed E-state index contributed by atoms with van der Waals surface area (Å²) in [4.78, 5) is 25.8. The third kappa shape index (κ3) is 5.35. The maximum Gasteiger partial charge on any atom is 0.411 e. The minimum absolute atomic E-state index is 0.00986. The largest absolute Gasteiger partial charge is 0.497 e. The molecule has 10 heteroatoms. The summed E-state index contributed by atoms with van der Waals surface area (Å²) in [6, 6.07) is 4.31. The van der Waals surface area contributed by atoms with Crippen LogP contribution in [0.2, 0.25) is 0 Å². The van der Waals surface area contributed by atoms with E-state index < -0.39 is 39.8 Å². The molecule has 1 aromatic carbocycles. The molecule has 0 bridgehead atoms. The maximum atomic E-state index is 12.6. The first-order valence-corrected chi connectivity index (χ1v) is 10.2. The number of methoxy groups -OCH3 is 2. The van der Waals surface area contributed by atoms with Gasteiger partial charge in [0.25, 0.3) is 0 Å². The van der Waals surface area contributed by atoms with Crippen LogP contribution in [0.3, 0.4) is 0 Å². The van der Waals surface area contributed by atoms with Crippen molar-refractivity contribution in [2.45, 2.75) is 49.8 Å². The van der Waals surface area contributed by atoms with Crippen LogP contribution in [0.15, 0.2) is 29.2 Å². The van der Waals surface area contributed by atoms with Crippen molar-refractivity contribution in [3.05, 3.63) is 24.3 Å². The minimum Gasteiger partial charge on any atom is -0.497 e. The summed E-state index contributed by atoms with van der Waals surface area (Å²) in [5.41, 5.74) is -0.752. The van der Waals surface area contributed by atoms with E-state index in [1.807, 2.05) is 0 Å². The maximum absolute atomic E-state index is 12.6. The first-order chi connectivity index (χ1) is 13.0. The highest BCUT2D eigenvalue weighted by molar-refractivity contribution is 7.89. The van der Waals surface area contributed by atoms with Gasteiger partial charge in [-0.05, 0) is 51.5 Å². The number of benzene rings is 1. The number of nitrogens with zero attached hydrogens (tertiary/aromatic N) is 1. The van der Waals surface area contributed by atoms with E-state index in [1.54, 1.807) is 20.8 Å². The molecule has 1 heterocycles. The second-order valence-corrected chi connectivity index (χ2v) is 9.12. The minimum atomic E-state index is -3.85. The van der Waals surface area contributed by atoms with Gasteiger partial charge in [-0.2, -0.15) is 0 Å². The van der Waals surface area contributed by atoms with Gasteiger partial charge in [0.2, 0.25) is 10.0 Å². The number of sulfonamides is 1. The van der Waals surface area contributed by atoms with Gasteiger partial charge in [0, 0.05) is 12.6 Å². The van der Waals surface area contributed by atoms with Crippen LogP contribution in [0.5, 0.6) is 5.75 Å². The van der Waals surface area contributed by atoms with Crippen LogP contribution in [0.1, 0.15) is 27.2 Å². The van der Waals surface area contributed by atoms with E-state index in [0.29, 0.717) is 5.75 Å². The third-order valence-electron chi connectivity index (χ3n) is 4.09. The van der Waals surface area contributed by atoms with Crippen LogP contribution in [0.4, 0.5) is 4.79 Å². The predicted octanol–water partition coefficient (Wildman–Crippen LogP) is 1.52. The fourth-order valence-electron chi connectivity index (χ4n) is 2.85. The number of hydrogen-bond donors (Lipinski definition) is 1. The van der Waals surface area contributed by atoms with E-state index in [1.165, 1.54) is 43.4 Å². The fourth-order valence-corrected chi connectivity index (χ4v) is 4.09. The Bertz CT molecular complexity index is 815. The molecule has 1 aliphatic rings. The van der Waals surface area contributed by atoms with Crippen LogP contribution in [0.25, 0.3) is 0 Å². The molecule has 1 amide bonds. The molecule has 0 aliphatic carbocycles. The Morgan fingerprint density at radius 2 is 1.75 bits per heavy atom. The number of hydrogen-bond acceptors (Lipinski definition) is 7. The number of nitrogens with one attached hydrogen (secondary N) is 1. The number of amides is 1. The molecule has 1 aliphatic heterocycles. The first-order valence-electron chi connectivity index (χ1n) is 8.70. The lowest BCUT2D eigenvalue weighted by atomic mass is 10.2. The van der Waals surface area contributed by atoms with Gasteiger partial charge in [-0.1, -0.05) is 0 Å². The highest BCUT2D eigenvalue weighted by Gasteiger charge is 2.43. The van der Waals surface area contributed by atoms with Crippen molar-refractivity contribution in [3.8, 4) is 5.75 Å². The molecule has 2 atom stereocenters. The lowest BCUT2D eigenvalue weighted by molar-refractivity contribution is -0.145. The summed E-state index contributed by atoms with van der Waals surface area (Å²) in [5.74, 6) is -0.0984. The van der Waals surface area contributed by atoms with Crippen LogP contribution in [-0.4, -0.2) is 63.8 Å². The normalized spacial score (nSPS) is 20.0. The van der Waals surface area contributed by atoms with Crippen molar-refractivity contribution >= 4 is 22.1 Å². The summed E-state index contributed by atoms with van der Waals surface area (Å²) in [6.07, 6.45) is -0.615. The zero-order valence-electron chi connectivity index (χ0n) is 16.6. The topological polar surface area (TPSA) is 111 Å². The summed E-state index contributed by atoms with van der Waals surface area (Å²) >= 11 is 0. The average molecular weight is 414 g/mol. The van der Waals surface area contributed by atoms with Crippen LogP contribution in [0, 0.1) is 0 Å². The molecule has 1 fully saturated rings. The summed E-state index contributed by atoms with van der Waals surface area (Å²) < 4.78 is 42.9. The van der Waals surface area contributed by atoms with Crippen LogP contribution in [-0.2, 0) is 24.3 Å². The molecular weight excluding hydrogens is 388 g/mol. The van der Waals surface area contributed by atoms with Gasteiger partial charge in [-0.25, -0.2) is 22.7 Å². The smallest absolute Gasteiger partial charge is 0.411 e. The van der Waals surface area contributed by atoms with Crippen molar-refractivity contribution in [1.29, 1.82) is 0 Å². The fraction of sp³-hybridized carbons (Fsp3) is 0.556. The Morgan fingerprint density at radius 3 is 2.25 bits per heavy atom. The molecule has 0 radical (unpaired) electrons. The SMILES string of the molecule is COC(=O)[C@@H]1C[C@@H](NS(=O)(=O)c2ccc(OC)cc2)CN1C(=O)OC(C)(C)C. The highest BCUT2D eigenvalue weighted by Crippen LogP contribution is 2.24. The summed E-state index contributed by atoms with van der Waals surface area (Å²) in [6.45, 7) is 5.11. The number of esters is 1. The van der Waals surface area contributed by atoms with Gasteiger partial charge in [-0.3, -0.25) is 4.90 Å². The summed E-state index contributed by atoms with van der Waals surface area (Å²) in [7, 11) is -1.15. The lowest BCUT2D eigenvalue weighted by Crippen LogP contribution is -2.44. The Morgan fingerprint density at radius 1 is 1.14 bits per heavy atom. The van der Waals surface area contributed by atoms with E-state index in [-0.39, 0.29) is 17.9 Å². The van der Waals surface area contributed by atoms with Crippen LogP contribution < -0.4 is 9.46 Å². The Balaban J connectivity index is 2.17. The average Bonchev–Trinajstić information content (AvgIpc) is 3.03. The highest BCUT2D eigenvalue weighted by atomic mass is 32.2. The molecule has 0 unspecified atom stereocenters. The second kappa shape index (κ2) is 8.36. The monoisotopic (exact) mass is 414 g/mol.